The van der Waals surface area contributed by atoms with E-state index in [1.54, 1.807) is 0 Å². The van der Waals surface area contributed by atoms with Crippen LogP contribution in [0.4, 0.5) is 0 Å². The van der Waals surface area contributed by atoms with E-state index in [4.69, 9.17) is 0 Å². The molecule has 0 aliphatic heterocycles. The van der Waals surface area contributed by atoms with Crippen molar-refractivity contribution in [1.29, 1.82) is 0 Å². The molecule has 0 aliphatic carbocycles. The van der Waals surface area contributed by atoms with E-state index in [0.29, 0.717) is 0 Å². The molecule has 0 rings (SSSR count). The van der Waals surface area contributed by atoms with E-state index in [-0.39, 0.29) is 0 Å². The third-order valence-electron chi connectivity index (χ3n) is 0.192. The molecule has 44 valence electrons. The maximum atomic E-state index is 10.1. The number of hydrogen-bond acceptors (Lipinski definition) is 3. The predicted octanol–water partition coefficient (Wildman–Crippen LogP) is 0.1000. The molecule has 0 heterocycles. The van der Waals surface area contributed by atoms with Crippen molar-refractivity contribution in [2.24, 2.45) is 0 Å². The Morgan fingerprint density at radius 2 is 1.43 bits per heavy atom. The number of rotatable bonds is 2. The first kappa shape index (κ1) is 7.60. The van der Waals surface area contributed by atoms with Gasteiger partial charge >= 0.3 is 50.5 Å². The molecule has 0 saturated heterocycles. The van der Waals surface area contributed by atoms with Crippen LogP contribution in [0.1, 0.15) is 0 Å². The summed E-state index contributed by atoms with van der Waals surface area (Å²) in [6, 6.07) is 0. The van der Waals surface area contributed by atoms with Gasteiger partial charge in [0.15, 0.2) is 0 Å². The summed E-state index contributed by atoms with van der Waals surface area (Å²) in [5, 5.41) is 0. The third kappa shape index (κ3) is 6.60. The molecule has 0 amide bonds. The molecule has 7 heavy (non-hydrogen) atoms. The van der Waals surface area contributed by atoms with E-state index in [1.165, 1.54) is 11.6 Å². The van der Waals surface area contributed by atoms with Crippen molar-refractivity contribution in [1.82, 2.24) is 0 Å². The Labute approximate surface area is 50.9 Å². The van der Waals surface area contributed by atoms with Gasteiger partial charge in [0.05, 0.1) is 0 Å². The van der Waals surface area contributed by atoms with E-state index in [9.17, 15) is 7.67 Å². The summed E-state index contributed by atoms with van der Waals surface area (Å²) in [5.41, 5.74) is 0. The monoisotopic (exact) mass is 238 g/mol. The Bertz CT molecular complexity index is 87.1. The van der Waals surface area contributed by atoms with Gasteiger partial charge in [0, 0.05) is 0 Å². The van der Waals surface area contributed by atoms with E-state index in [2.05, 4.69) is 2.90 Å². The maximum absolute atomic E-state index is 10.1. The van der Waals surface area contributed by atoms with Crippen LogP contribution in [-0.2, 0) is 10.6 Å². The third-order valence-corrected chi connectivity index (χ3v) is 5.17. The van der Waals surface area contributed by atoms with Crippen LogP contribution in [0.3, 0.4) is 0 Å². The van der Waals surface area contributed by atoms with E-state index in [0.717, 1.165) is 0 Å². The molecule has 0 aromatic rings. The van der Waals surface area contributed by atoms with Crippen LogP contribution >= 0.6 is 0 Å². The fourth-order valence-electron chi connectivity index (χ4n) is 0.135. The van der Waals surface area contributed by atoms with Gasteiger partial charge in [0.25, 0.3) is 0 Å². The Balaban J connectivity index is 3.32. The zero-order valence-corrected chi connectivity index (χ0v) is 7.47. The molecule has 0 bridgehead atoms. The average Bonchev–Trinajstić information content (AvgIpc) is 1.27. The summed E-state index contributed by atoms with van der Waals surface area (Å²) >= 11 is -4.25. The van der Waals surface area contributed by atoms with Gasteiger partial charge in [-0.15, -0.1) is 0 Å². The van der Waals surface area contributed by atoms with E-state index in [1.807, 2.05) is 0 Å². The van der Waals surface area contributed by atoms with Gasteiger partial charge < -0.3 is 0 Å². The molecule has 0 fully saturated rings. The number of hydrogen-bond donors (Lipinski definition) is 0. The normalized spacial score (nSPS) is 18.6. The zero-order valence-electron chi connectivity index (χ0n) is 4.04. The molecular formula is C2H6O3Se2. The Hall–Kier alpha value is 0.599. The molecule has 0 atom stereocenters. The van der Waals surface area contributed by atoms with Crippen LogP contribution in [0.15, 0.2) is 0 Å². The molecule has 0 radical (unpaired) electrons. The van der Waals surface area contributed by atoms with Crippen molar-refractivity contribution in [2.45, 2.75) is 11.6 Å². The molecule has 0 aromatic heterocycles. The second-order valence-electron chi connectivity index (χ2n) is 0.871. The second kappa shape index (κ2) is 3.58. The minimum atomic E-state index is -2.12. The molecule has 3 nitrogen and oxygen atoms in total. The summed E-state index contributed by atoms with van der Waals surface area (Å²) < 4.78 is 24.5. The topological polar surface area (TPSA) is 43.4 Å². The second-order valence-corrected chi connectivity index (χ2v) is 6.01. The molecule has 0 aliphatic rings. The van der Waals surface area contributed by atoms with Gasteiger partial charge in [0.1, 0.15) is 0 Å². The molecule has 0 unspecified atom stereocenters. The quantitative estimate of drug-likeness (QED) is 0.638. The fourth-order valence-corrected chi connectivity index (χ4v) is 3.64. The standard InChI is InChI=1S/C2H6O3Se2/c1-6(3)5-7(2)4/h1-2H3. The van der Waals surface area contributed by atoms with Crippen LogP contribution in [0.2, 0.25) is 11.6 Å². The van der Waals surface area contributed by atoms with E-state index >= 15 is 0 Å². The van der Waals surface area contributed by atoms with Gasteiger partial charge in [-0.2, -0.15) is 0 Å². The van der Waals surface area contributed by atoms with Crippen molar-refractivity contribution in [2.75, 3.05) is 0 Å². The van der Waals surface area contributed by atoms with Crippen LogP contribution in [0.5, 0.6) is 0 Å². The van der Waals surface area contributed by atoms with Crippen LogP contribution in [0, 0.1) is 0 Å². The summed E-state index contributed by atoms with van der Waals surface area (Å²) in [4.78, 5) is 0. The first-order valence-electron chi connectivity index (χ1n) is 1.48. The summed E-state index contributed by atoms with van der Waals surface area (Å²) in [7, 11) is 0. The summed E-state index contributed by atoms with van der Waals surface area (Å²) in [6.07, 6.45) is 0. The molecule has 0 aromatic carbocycles. The Morgan fingerprint density at radius 1 is 1.14 bits per heavy atom. The zero-order chi connectivity index (χ0) is 5.86. The van der Waals surface area contributed by atoms with Crippen LogP contribution < -0.4 is 0 Å². The SMILES string of the molecule is C[Se](=O)O[Se](C)=O. The van der Waals surface area contributed by atoms with Gasteiger partial charge in [-0.25, -0.2) is 0 Å². The fraction of sp³-hybridized carbons (Fsp3) is 1.00. The molecule has 0 N–H and O–H groups in total. The average molecular weight is 236 g/mol. The minimum absolute atomic E-state index is 1.44. The predicted molar refractivity (Wildman–Crippen MR) is 25.7 cm³/mol. The first-order chi connectivity index (χ1) is 3.13. The first-order valence-corrected chi connectivity index (χ1v) is 7.71. The van der Waals surface area contributed by atoms with Gasteiger partial charge in [-0.1, -0.05) is 0 Å². The molecule has 5 heteroatoms. The Kier molecular flexibility index (Phi) is 3.89. The van der Waals surface area contributed by atoms with Gasteiger partial charge in [-0.3, -0.25) is 0 Å². The molecule has 0 saturated carbocycles. The van der Waals surface area contributed by atoms with Crippen molar-refractivity contribution in [3.05, 3.63) is 0 Å². The van der Waals surface area contributed by atoms with E-state index < -0.39 is 28.3 Å². The van der Waals surface area contributed by atoms with Gasteiger partial charge in [0.2, 0.25) is 0 Å². The summed E-state index contributed by atoms with van der Waals surface area (Å²) in [6.45, 7) is 0. The molecular weight excluding hydrogens is 230 g/mol. The van der Waals surface area contributed by atoms with Crippen LogP contribution in [0.25, 0.3) is 0 Å². The summed E-state index contributed by atoms with van der Waals surface area (Å²) in [5.74, 6) is 2.88. The van der Waals surface area contributed by atoms with Crippen molar-refractivity contribution in [3.8, 4) is 0 Å². The van der Waals surface area contributed by atoms with Crippen molar-refractivity contribution in [3.63, 3.8) is 0 Å². The van der Waals surface area contributed by atoms with Crippen LogP contribution in [-0.4, -0.2) is 28.3 Å². The Morgan fingerprint density at radius 3 is 1.43 bits per heavy atom. The van der Waals surface area contributed by atoms with Crippen molar-refractivity contribution < 1.29 is 10.6 Å². The van der Waals surface area contributed by atoms with Gasteiger partial charge in [-0.05, 0) is 0 Å². The molecule has 0 spiro atoms. The van der Waals surface area contributed by atoms with Crippen molar-refractivity contribution >= 4 is 28.3 Å².